The predicted molar refractivity (Wildman–Crippen MR) is 52.4 cm³/mol. The van der Waals surface area contributed by atoms with Crippen LogP contribution in [0.15, 0.2) is 43.0 Å². The fourth-order valence-corrected chi connectivity index (χ4v) is 0.746. The zero-order chi connectivity index (χ0) is 7.23. The zero-order valence-corrected chi connectivity index (χ0v) is 7.10. The monoisotopic (exact) mass is 169 g/mol. The van der Waals surface area contributed by atoms with E-state index in [0.29, 0.717) is 0 Å². The van der Waals surface area contributed by atoms with E-state index in [4.69, 9.17) is 0 Å². The van der Waals surface area contributed by atoms with Gasteiger partial charge in [-0.2, -0.15) is 0 Å². The van der Waals surface area contributed by atoms with Crippen molar-refractivity contribution in [1.82, 2.24) is 0 Å². The Labute approximate surface area is 73.5 Å². The highest BCUT2D eigenvalue weighted by molar-refractivity contribution is 5.85. The maximum absolute atomic E-state index is 3.61. The molecule has 1 rings (SSSR count). The lowest BCUT2D eigenvalue weighted by atomic mass is 10.3. The molecule has 0 bridgehead atoms. The van der Waals surface area contributed by atoms with E-state index in [1.807, 2.05) is 36.4 Å². The SMILES string of the molecule is C=CCNc1ccccc1.Cl. The van der Waals surface area contributed by atoms with Gasteiger partial charge in [0.25, 0.3) is 0 Å². The molecule has 0 aliphatic rings. The second-order valence-corrected chi connectivity index (χ2v) is 2.04. The van der Waals surface area contributed by atoms with Crippen molar-refractivity contribution in [3.8, 4) is 0 Å². The molecule has 0 fully saturated rings. The van der Waals surface area contributed by atoms with Crippen molar-refractivity contribution in [3.05, 3.63) is 43.0 Å². The maximum atomic E-state index is 3.61. The molecule has 0 radical (unpaired) electrons. The van der Waals surface area contributed by atoms with Gasteiger partial charge in [-0.1, -0.05) is 24.3 Å². The first-order valence-electron chi connectivity index (χ1n) is 3.33. The Hall–Kier alpha value is -0.950. The lowest BCUT2D eigenvalue weighted by Crippen LogP contribution is -1.96. The largest absolute Gasteiger partial charge is 0.382 e. The van der Waals surface area contributed by atoms with Crippen molar-refractivity contribution < 1.29 is 0 Å². The Kier molecular flexibility index (Phi) is 5.30. The number of rotatable bonds is 3. The molecule has 0 aliphatic heterocycles. The van der Waals surface area contributed by atoms with Crippen LogP contribution in [-0.4, -0.2) is 6.54 Å². The number of para-hydroxylation sites is 1. The Bertz CT molecular complexity index is 196. The van der Waals surface area contributed by atoms with Crippen molar-refractivity contribution in [2.75, 3.05) is 11.9 Å². The van der Waals surface area contributed by atoms with Gasteiger partial charge in [0.15, 0.2) is 0 Å². The van der Waals surface area contributed by atoms with Gasteiger partial charge in [-0.25, -0.2) is 0 Å². The van der Waals surface area contributed by atoms with Gasteiger partial charge in [-0.3, -0.25) is 0 Å². The number of nitrogens with one attached hydrogen (secondary N) is 1. The van der Waals surface area contributed by atoms with Gasteiger partial charge in [0.1, 0.15) is 0 Å². The Morgan fingerprint density at radius 1 is 1.27 bits per heavy atom. The smallest absolute Gasteiger partial charge is 0.0342 e. The lowest BCUT2D eigenvalue weighted by Gasteiger charge is -2.00. The molecule has 1 aromatic rings. The van der Waals surface area contributed by atoms with Crippen molar-refractivity contribution in [3.63, 3.8) is 0 Å². The average molecular weight is 170 g/mol. The molecule has 0 amide bonds. The fraction of sp³-hybridized carbons (Fsp3) is 0.111. The molecule has 0 aromatic heterocycles. The quantitative estimate of drug-likeness (QED) is 0.687. The van der Waals surface area contributed by atoms with E-state index in [2.05, 4.69) is 11.9 Å². The van der Waals surface area contributed by atoms with Crippen LogP contribution in [0.4, 0.5) is 5.69 Å². The summed E-state index contributed by atoms with van der Waals surface area (Å²) >= 11 is 0. The average Bonchev–Trinajstić information content (AvgIpc) is 2.03. The van der Waals surface area contributed by atoms with Crippen LogP contribution in [0.5, 0.6) is 0 Å². The molecule has 1 nitrogen and oxygen atoms in total. The third-order valence-corrected chi connectivity index (χ3v) is 1.22. The third-order valence-electron chi connectivity index (χ3n) is 1.22. The van der Waals surface area contributed by atoms with Gasteiger partial charge in [0.2, 0.25) is 0 Å². The molecule has 1 N–H and O–H groups in total. The highest BCUT2D eigenvalue weighted by Gasteiger charge is 1.82. The summed E-state index contributed by atoms with van der Waals surface area (Å²) in [7, 11) is 0. The van der Waals surface area contributed by atoms with Crippen LogP contribution in [0.1, 0.15) is 0 Å². The van der Waals surface area contributed by atoms with E-state index in [1.54, 1.807) is 0 Å². The summed E-state index contributed by atoms with van der Waals surface area (Å²) in [5.41, 5.74) is 1.14. The molecule has 60 valence electrons. The van der Waals surface area contributed by atoms with E-state index >= 15 is 0 Å². The molecule has 0 atom stereocenters. The Balaban J connectivity index is 0.000001000. The van der Waals surface area contributed by atoms with Crippen molar-refractivity contribution >= 4 is 18.1 Å². The zero-order valence-electron chi connectivity index (χ0n) is 6.29. The van der Waals surface area contributed by atoms with Gasteiger partial charge in [-0.15, -0.1) is 19.0 Å². The summed E-state index contributed by atoms with van der Waals surface area (Å²) < 4.78 is 0. The molecule has 0 unspecified atom stereocenters. The van der Waals surface area contributed by atoms with Gasteiger partial charge >= 0.3 is 0 Å². The van der Waals surface area contributed by atoms with Crippen molar-refractivity contribution in [1.29, 1.82) is 0 Å². The third kappa shape index (κ3) is 3.68. The van der Waals surface area contributed by atoms with Crippen molar-refractivity contribution in [2.24, 2.45) is 0 Å². The topological polar surface area (TPSA) is 12.0 Å². The molecule has 0 aliphatic carbocycles. The summed E-state index contributed by atoms with van der Waals surface area (Å²) in [4.78, 5) is 0. The van der Waals surface area contributed by atoms with E-state index in [0.717, 1.165) is 12.2 Å². The second kappa shape index (κ2) is 5.81. The molecule has 0 heterocycles. The molecule has 2 heteroatoms. The minimum Gasteiger partial charge on any atom is -0.382 e. The van der Waals surface area contributed by atoms with Crippen LogP contribution in [-0.2, 0) is 0 Å². The highest BCUT2D eigenvalue weighted by Crippen LogP contribution is 2.03. The molecular formula is C9H12ClN. The first kappa shape index (κ1) is 10.0. The molecule has 0 saturated carbocycles. The van der Waals surface area contributed by atoms with Crippen molar-refractivity contribution in [2.45, 2.75) is 0 Å². The van der Waals surface area contributed by atoms with Crippen LogP contribution in [0, 0.1) is 0 Å². The summed E-state index contributed by atoms with van der Waals surface area (Å²) in [6.07, 6.45) is 1.84. The van der Waals surface area contributed by atoms with Crippen LogP contribution in [0.25, 0.3) is 0 Å². The summed E-state index contributed by atoms with van der Waals surface area (Å²) in [6.45, 7) is 4.44. The number of halogens is 1. The number of hydrogen-bond donors (Lipinski definition) is 1. The number of hydrogen-bond acceptors (Lipinski definition) is 1. The van der Waals surface area contributed by atoms with E-state index < -0.39 is 0 Å². The van der Waals surface area contributed by atoms with Crippen LogP contribution < -0.4 is 5.32 Å². The Morgan fingerprint density at radius 2 is 1.91 bits per heavy atom. The van der Waals surface area contributed by atoms with Crippen LogP contribution in [0.3, 0.4) is 0 Å². The highest BCUT2D eigenvalue weighted by atomic mass is 35.5. The second-order valence-electron chi connectivity index (χ2n) is 2.04. The number of benzene rings is 1. The summed E-state index contributed by atoms with van der Waals surface area (Å²) in [5, 5.41) is 3.18. The van der Waals surface area contributed by atoms with Crippen LogP contribution in [0.2, 0.25) is 0 Å². The van der Waals surface area contributed by atoms with Gasteiger partial charge < -0.3 is 5.32 Å². The molecular weight excluding hydrogens is 158 g/mol. The van der Waals surface area contributed by atoms with E-state index in [9.17, 15) is 0 Å². The predicted octanol–water partition coefficient (Wildman–Crippen LogP) is 2.71. The summed E-state index contributed by atoms with van der Waals surface area (Å²) in [6, 6.07) is 10.1. The Morgan fingerprint density at radius 3 is 2.45 bits per heavy atom. The fourth-order valence-electron chi connectivity index (χ4n) is 0.746. The first-order valence-corrected chi connectivity index (χ1v) is 3.33. The minimum absolute atomic E-state index is 0. The van der Waals surface area contributed by atoms with Crippen LogP contribution >= 0.6 is 12.4 Å². The lowest BCUT2D eigenvalue weighted by molar-refractivity contribution is 1.34. The van der Waals surface area contributed by atoms with Gasteiger partial charge in [-0.05, 0) is 12.1 Å². The molecule has 11 heavy (non-hydrogen) atoms. The standard InChI is InChI=1S/C9H11N.ClH/c1-2-8-10-9-6-4-3-5-7-9;/h2-7,10H,1,8H2;1H. The maximum Gasteiger partial charge on any atom is 0.0342 e. The van der Waals surface area contributed by atoms with Gasteiger partial charge in [0.05, 0.1) is 0 Å². The molecule has 1 aromatic carbocycles. The van der Waals surface area contributed by atoms with E-state index in [-0.39, 0.29) is 12.4 Å². The minimum atomic E-state index is 0. The first-order chi connectivity index (χ1) is 4.93. The van der Waals surface area contributed by atoms with Gasteiger partial charge in [0, 0.05) is 12.2 Å². The summed E-state index contributed by atoms with van der Waals surface area (Å²) in [5.74, 6) is 0. The van der Waals surface area contributed by atoms with E-state index in [1.165, 1.54) is 0 Å². The molecule has 0 saturated heterocycles. The number of anilines is 1. The normalized spacial score (nSPS) is 8.00. The molecule has 0 spiro atoms.